The standard InChI is InChI=1S/C18H17ClN2O2/c1-11-4-6-12(7-5-11)17-16(18(22)20-23-3)14-10-13(19)8-9-15(14)21(17)2/h4-10H,1-3H3,(H,20,22). The SMILES string of the molecule is CONC(=O)c1c(-c2ccc(C)cc2)n(C)c2ccc(Cl)cc12. The van der Waals surface area contributed by atoms with Crippen molar-refractivity contribution >= 4 is 28.4 Å². The van der Waals surface area contributed by atoms with Crippen LogP contribution in [-0.2, 0) is 11.9 Å². The normalized spacial score (nSPS) is 11.0. The van der Waals surface area contributed by atoms with E-state index in [4.69, 9.17) is 16.4 Å². The number of benzene rings is 2. The maximum absolute atomic E-state index is 12.6. The number of nitrogens with one attached hydrogen (secondary N) is 1. The first-order valence-electron chi connectivity index (χ1n) is 7.21. The molecule has 0 fully saturated rings. The van der Waals surface area contributed by atoms with E-state index < -0.39 is 0 Å². The number of hydroxylamine groups is 1. The van der Waals surface area contributed by atoms with E-state index in [1.807, 2.05) is 54.9 Å². The summed E-state index contributed by atoms with van der Waals surface area (Å²) in [5, 5.41) is 1.38. The van der Waals surface area contributed by atoms with Crippen LogP contribution in [0.2, 0.25) is 5.02 Å². The average molecular weight is 329 g/mol. The average Bonchev–Trinajstić information content (AvgIpc) is 2.81. The van der Waals surface area contributed by atoms with Gasteiger partial charge in [0.05, 0.1) is 18.4 Å². The van der Waals surface area contributed by atoms with E-state index in [1.54, 1.807) is 6.07 Å². The summed E-state index contributed by atoms with van der Waals surface area (Å²) < 4.78 is 2.00. The molecule has 1 heterocycles. The molecule has 0 spiro atoms. The van der Waals surface area contributed by atoms with E-state index in [1.165, 1.54) is 12.7 Å². The number of hydrogen-bond acceptors (Lipinski definition) is 2. The van der Waals surface area contributed by atoms with Gasteiger partial charge in [-0.3, -0.25) is 9.63 Å². The Kier molecular flexibility index (Phi) is 4.11. The van der Waals surface area contributed by atoms with E-state index in [-0.39, 0.29) is 5.91 Å². The largest absolute Gasteiger partial charge is 0.343 e. The van der Waals surface area contributed by atoms with E-state index in [0.717, 1.165) is 22.2 Å². The Balaban J connectivity index is 2.34. The highest BCUT2D eigenvalue weighted by Crippen LogP contribution is 2.34. The summed E-state index contributed by atoms with van der Waals surface area (Å²) in [7, 11) is 3.36. The number of hydrogen-bond donors (Lipinski definition) is 1. The van der Waals surface area contributed by atoms with Gasteiger partial charge < -0.3 is 4.57 Å². The third kappa shape index (κ3) is 2.71. The van der Waals surface area contributed by atoms with E-state index >= 15 is 0 Å². The van der Waals surface area contributed by atoms with Gasteiger partial charge in [-0.1, -0.05) is 41.4 Å². The summed E-state index contributed by atoms with van der Waals surface area (Å²) in [4.78, 5) is 17.4. The minimum Gasteiger partial charge on any atom is -0.343 e. The zero-order chi connectivity index (χ0) is 16.6. The van der Waals surface area contributed by atoms with Crippen LogP contribution >= 0.6 is 11.6 Å². The fourth-order valence-corrected chi connectivity index (χ4v) is 3.01. The van der Waals surface area contributed by atoms with Gasteiger partial charge in [-0.2, -0.15) is 0 Å². The molecule has 0 aliphatic rings. The van der Waals surface area contributed by atoms with Gasteiger partial charge in [0, 0.05) is 23.0 Å². The molecule has 0 saturated carbocycles. The number of halogens is 1. The summed E-state index contributed by atoms with van der Waals surface area (Å²) in [6, 6.07) is 13.6. The molecular weight excluding hydrogens is 312 g/mol. The van der Waals surface area contributed by atoms with Crippen molar-refractivity contribution < 1.29 is 9.63 Å². The second-order valence-electron chi connectivity index (χ2n) is 5.45. The molecule has 5 heteroatoms. The molecule has 0 aliphatic carbocycles. The predicted molar refractivity (Wildman–Crippen MR) is 92.6 cm³/mol. The van der Waals surface area contributed by atoms with Crippen LogP contribution in [0.5, 0.6) is 0 Å². The van der Waals surface area contributed by atoms with Crippen LogP contribution in [0.1, 0.15) is 15.9 Å². The third-order valence-corrected chi connectivity index (χ3v) is 4.14. The highest BCUT2D eigenvalue weighted by molar-refractivity contribution is 6.31. The molecule has 0 radical (unpaired) electrons. The molecule has 3 aromatic rings. The first kappa shape index (κ1) is 15.6. The number of nitrogens with zero attached hydrogens (tertiary/aromatic N) is 1. The van der Waals surface area contributed by atoms with Crippen LogP contribution in [-0.4, -0.2) is 17.6 Å². The molecule has 0 bridgehead atoms. The number of carbonyl (C=O) groups excluding carboxylic acids is 1. The molecule has 1 amide bonds. The maximum atomic E-state index is 12.6. The van der Waals surface area contributed by atoms with Crippen molar-refractivity contribution in [2.75, 3.05) is 7.11 Å². The lowest BCUT2D eigenvalue weighted by molar-refractivity contribution is 0.0540. The zero-order valence-electron chi connectivity index (χ0n) is 13.2. The van der Waals surface area contributed by atoms with Gasteiger partial charge in [0.1, 0.15) is 0 Å². The summed E-state index contributed by atoms with van der Waals surface area (Å²) in [5.41, 5.74) is 6.86. The van der Waals surface area contributed by atoms with Gasteiger partial charge in [0.25, 0.3) is 5.91 Å². The quantitative estimate of drug-likeness (QED) is 0.736. The lowest BCUT2D eigenvalue weighted by Crippen LogP contribution is -2.22. The molecular formula is C18H17ClN2O2. The molecule has 1 N–H and O–H groups in total. The highest BCUT2D eigenvalue weighted by Gasteiger charge is 2.22. The molecule has 4 nitrogen and oxygen atoms in total. The summed E-state index contributed by atoms with van der Waals surface area (Å²) in [6.07, 6.45) is 0. The van der Waals surface area contributed by atoms with Gasteiger partial charge in [-0.25, -0.2) is 5.48 Å². The van der Waals surface area contributed by atoms with Crippen LogP contribution in [0.25, 0.3) is 22.2 Å². The zero-order valence-corrected chi connectivity index (χ0v) is 13.9. The molecule has 1 aromatic heterocycles. The smallest absolute Gasteiger partial charge is 0.277 e. The number of rotatable bonds is 3. The first-order valence-corrected chi connectivity index (χ1v) is 7.59. The van der Waals surface area contributed by atoms with Gasteiger partial charge in [0.2, 0.25) is 0 Å². The Morgan fingerprint density at radius 1 is 1.17 bits per heavy atom. The van der Waals surface area contributed by atoms with Crippen molar-refractivity contribution in [1.82, 2.24) is 10.0 Å². The summed E-state index contributed by atoms with van der Waals surface area (Å²) >= 11 is 6.13. The third-order valence-electron chi connectivity index (χ3n) is 3.91. The van der Waals surface area contributed by atoms with Crippen molar-refractivity contribution in [2.45, 2.75) is 6.92 Å². The summed E-state index contributed by atoms with van der Waals surface area (Å²) in [5.74, 6) is -0.295. The molecule has 0 atom stereocenters. The minimum absolute atomic E-state index is 0.295. The van der Waals surface area contributed by atoms with Crippen LogP contribution in [0.3, 0.4) is 0 Å². The van der Waals surface area contributed by atoms with Crippen molar-refractivity contribution in [3.05, 3.63) is 58.6 Å². The fourth-order valence-electron chi connectivity index (χ4n) is 2.84. The van der Waals surface area contributed by atoms with Crippen LogP contribution in [0.15, 0.2) is 42.5 Å². The number of aromatic nitrogens is 1. The molecule has 3 rings (SSSR count). The lowest BCUT2D eigenvalue weighted by atomic mass is 10.0. The van der Waals surface area contributed by atoms with Crippen LogP contribution in [0.4, 0.5) is 0 Å². The van der Waals surface area contributed by atoms with Gasteiger partial charge in [-0.15, -0.1) is 0 Å². The number of carbonyl (C=O) groups is 1. The molecule has 118 valence electrons. The number of aryl methyl sites for hydroxylation is 2. The van der Waals surface area contributed by atoms with E-state index in [9.17, 15) is 4.79 Å². The Labute approximate surface area is 139 Å². The number of fused-ring (bicyclic) bond motifs is 1. The van der Waals surface area contributed by atoms with Crippen molar-refractivity contribution in [3.8, 4) is 11.3 Å². The van der Waals surface area contributed by atoms with Gasteiger partial charge in [0.15, 0.2) is 0 Å². The Morgan fingerprint density at radius 2 is 1.87 bits per heavy atom. The molecule has 0 aliphatic heterocycles. The molecule has 23 heavy (non-hydrogen) atoms. The lowest BCUT2D eigenvalue weighted by Gasteiger charge is -2.08. The van der Waals surface area contributed by atoms with Gasteiger partial charge >= 0.3 is 0 Å². The summed E-state index contributed by atoms with van der Waals surface area (Å²) in [6.45, 7) is 2.03. The van der Waals surface area contributed by atoms with Crippen LogP contribution < -0.4 is 5.48 Å². The maximum Gasteiger partial charge on any atom is 0.277 e. The van der Waals surface area contributed by atoms with Crippen LogP contribution in [0, 0.1) is 6.92 Å². The molecule has 0 unspecified atom stereocenters. The Bertz CT molecular complexity index is 882. The fraction of sp³-hybridized carbons (Fsp3) is 0.167. The van der Waals surface area contributed by atoms with E-state index in [2.05, 4.69) is 5.48 Å². The predicted octanol–water partition coefficient (Wildman–Crippen LogP) is 4.10. The van der Waals surface area contributed by atoms with Crippen molar-refractivity contribution in [3.63, 3.8) is 0 Å². The Hall–Kier alpha value is -2.30. The molecule has 2 aromatic carbocycles. The topological polar surface area (TPSA) is 43.3 Å². The monoisotopic (exact) mass is 328 g/mol. The second kappa shape index (κ2) is 6.07. The number of amides is 1. The van der Waals surface area contributed by atoms with Crippen molar-refractivity contribution in [1.29, 1.82) is 0 Å². The first-order chi connectivity index (χ1) is 11.0. The Morgan fingerprint density at radius 3 is 2.52 bits per heavy atom. The molecule has 0 saturated heterocycles. The van der Waals surface area contributed by atoms with Crippen molar-refractivity contribution in [2.24, 2.45) is 7.05 Å². The van der Waals surface area contributed by atoms with Gasteiger partial charge in [-0.05, 0) is 30.7 Å². The second-order valence-corrected chi connectivity index (χ2v) is 5.88. The minimum atomic E-state index is -0.295. The van der Waals surface area contributed by atoms with E-state index in [0.29, 0.717) is 10.6 Å². The highest BCUT2D eigenvalue weighted by atomic mass is 35.5.